The van der Waals surface area contributed by atoms with Crippen LogP contribution in [-0.4, -0.2) is 38.5 Å². The number of rotatable bonds is 12. The van der Waals surface area contributed by atoms with Crippen LogP contribution in [0.15, 0.2) is 60.9 Å². The number of benzene rings is 2. The van der Waals surface area contributed by atoms with E-state index in [0.717, 1.165) is 38.9 Å². The van der Waals surface area contributed by atoms with Crippen molar-refractivity contribution < 1.29 is 23.6 Å². The van der Waals surface area contributed by atoms with Crippen molar-refractivity contribution in [2.45, 2.75) is 71.9 Å². The quantitative estimate of drug-likeness (QED) is 0.148. The Morgan fingerprint density at radius 3 is 2.60 bits per heavy atom. The Balaban J connectivity index is 1.68. The molecule has 0 fully saturated rings. The predicted molar refractivity (Wildman–Crippen MR) is 168 cm³/mol. The van der Waals surface area contributed by atoms with E-state index in [9.17, 15) is 9.35 Å². The number of ether oxygens (including phenoxy) is 3. The molecule has 224 valence electrons. The Labute approximate surface area is 251 Å². The minimum atomic E-state index is -1.20. The highest BCUT2D eigenvalue weighted by molar-refractivity contribution is 7.90. The number of esters is 1. The van der Waals surface area contributed by atoms with Crippen molar-refractivity contribution in [2.75, 3.05) is 13.7 Å². The van der Waals surface area contributed by atoms with Crippen molar-refractivity contribution in [1.82, 2.24) is 14.3 Å². The zero-order valence-corrected chi connectivity index (χ0v) is 26.3. The maximum absolute atomic E-state index is 12.5. The van der Waals surface area contributed by atoms with Gasteiger partial charge in [-0.05, 0) is 94.6 Å². The van der Waals surface area contributed by atoms with Crippen LogP contribution in [0.5, 0.6) is 11.5 Å². The summed E-state index contributed by atoms with van der Waals surface area (Å²) in [6.45, 7) is 12.9. The summed E-state index contributed by atoms with van der Waals surface area (Å²) in [5.74, 6) is 0.917. The topological polar surface area (TPSA) is 97.7 Å². The first-order valence-electron chi connectivity index (χ1n) is 14.2. The van der Waals surface area contributed by atoms with Crippen LogP contribution in [-0.2, 0) is 40.5 Å². The maximum atomic E-state index is 12.5. The van der Waals surface area contributed by atoms with E-state index in [4.69, 9.17) is 14.2 Å². The molecule has 0 amide bonds. The number of carbonyl (C=O) groups excluding carboxylic acids is 1. The fourth-order valence-electron chi connectivity index (χ4n) is 4.66. The number of carbonyl (C=O) groups is 1. The van der Waals surface area contributed by atoms with Gasteiger partial charge in [-0.3, -0.25) is 9.78 Å². The highest BCUT2D eigenvalue weighted by Gasteiger charge is 2.26. The highest BCUT2D eigenvalue weighted by Crippen LogP contribution is 2.34. The fraction of sp³-hybridized carbons (Fsp3) is 0.394. The van der Waals surface area contributed by atoms with E-state index in [2.05, 4.69) is 52.5 Å². The molecule has 2 aromatic carbocycles. The molecule has 4 aromatic rings. The van der Waals surface area contributed by atoms with Gasteiger partial charge in [-0.25, -0.2) is 0 Å². The van der Waals surface area contributed by atoms with Gasteiger partial charge in [-0.2, -0.15) is 0 Å². The van der Waals surface area contributed by atoms with Crippen LogP contribution in [0, 0.1) is 0 Å². The van der Waals surface area contributed by atoms with Crippen LogP contribution in [0.1, 0.15) is 64.4 Å². The predicted octanol–water partition coefficient (Wildman–Crippen LogP) is 6.53. The summed E-state index contributed by atoms with van der Waals surface area (Å²) in [5.41, 5.74) is 5.70. The van der Waals surface area contributed by atoms with Gasteiger partial charge in [0.15, 0.2) is 0 Å². The smallest absolute Gasteiger partial charge is 0.310 e. The van der Waals surface area contributed by atoms with Crippen LogP contribution in [0.25, 0.3) is 22.0 Å². The van der Waals surface area contributed by atoms with Gasteiger partial charge in [0.1, 0.15) is 22.9 Å². The highest BCUT2D eigenvalue weighted by atomic mass is 32.2. The van der Waals surface area contributed by atoms with Crippen molar-refractivity contribution in [3.63, 3.8) is 0 Å². The number of nitrogens with one attached hydrogen (secondary N) is 1. The number of hydrogen-bond acceptors (Lipinski definition) is 7. The molecule has 0 radical (unpaired) electrons. The molecule has 2 heterocycles. The maximum Gasteiger partial charge on any atom is 0.310 e. The summed E-state index contributed by atoms with van der Waals surface area (Å²) in [5, 5.41) is 1.13. The molecule has 1 unspecified atom stereocenters. The molecule has 0 spiro atoms. The Morgan fingerprint density at radius 2 is 1.90 bits per heavy atom. The number of aromatic nitrogens is 2. The number of pyridine rings is 1. The van der Waals surface area contributed by atoms with Crippen molar-refractivity contribution in [3.05, 3.63) is 77.7 Å². The largest absolute Gasteiger partial charge is 0.598 e. The third kappa shape index (κ3) is 7.65. The molecule has 8 nitrogen and oxygen atoms in total. The van der Waals surface area contributed by atoms with E-state index in [0.29, 0.717) is 31.3 Å². The summed E-state index contributed by atoms with van der Waals surface area (Å²) in [6, 6.07) is 16.2. The lowest BCUT2D eigenvalue weighted by molar-refractivity contribution is -0.142. The lowest BCUT2D eigenvalue weighted by Gasteiger charge is -2.23. The molecule has 42 heavy (non-hydrogen) atoms. The van der Waals surface area contributed by atoms with Gasteiger partial charge in [0.25, 0.3) is 0 Å². The summed E-state index contributed by atoms with van der Waals surface area (Å²) >= 11 is -1.20. The van der Waals surface area contributed by atoms with E-state index in [1.807, 2.05) is 45.0 Å². The molecule has 2 aromatic heterocycles. The minimum Gasteiger partial charge on any atom is -0.598 e. The first-order valence-corrected chi connectivity index (χ1v) is 15.3. The van der Waals surface area contributed by atoms with Crippen molar-refractivity contribution in [1.29, 1.82) is 0 Å². The fourth-order valence-corrected chi connectivity index (χ4v) is 5.37. The van der Waals surface area contributed by atoms with Gasteiger partial charge in [-0.1, -0.05) is 6.07 Å². The van der Waals surface area contributed by atoms with Crippen molar-refractivity contribution in [2.24, 2.45) is 0 Å². The van der Waals surface area contributed by atoms with Crippen LogP contribution in [0.4, 0.5) is 0 Å². The van der Waals surface area contributed by atoms with Gasteiger partial charge in [-0.15, -0.1) is 4.72 Å². The van der Waals surface area contributed by atoms with Gasteiger partial charge < -0.3 is 23.3 Å². The van der Waals surface area contributed by atoms with Crippen LogP contribution >= 0.6 is 0 Å². The third-order valence-electron chi connectivity index (χ3n) is 6.83. The van der Waals surface area contributed by atoms with Crippen LogP contribution in [0.2, 0.25) is 0 Å². The normalized spacial score (nSPS) is 12.5. The van der Waals surface area contributed by atoms with Gasteiger partial charge >= 0.3 is 5.97 Å². The molecule has 1 N–H and O–H groups in total. The third-order valence-corrected chi connectivity index (χ3v) is 8.35. The number of fused-ring (bicyclic) bond motifs is 1. The van der Waals surface area contributed by atoms with E-state index in [1.54, 1.807) is 26.3 Å². The van der Waals surface area contributed by atoms with Crippen LogP contribution < -0.4 is 14.2 Å². The standard InChI is InChI=1S/C33H41N3O5S/c1-8-40-32(37)18-25-9-10-27(39-7)19-31(25)41-21-23-15-29(28-12-14-36(22(2)3)30(28)16-23)24-11-13-34-26(17-24)20-35-42(38)33(4,5)6/h9-17,19,22,35H,8,18,20-21H2,1-7H3. The molecule has 0 saturated heterocycles. The summed E-state index contributed by atoms with van der Waals surface area (Å²) in [7, 11) is 1.60. The monoisotopic (exact) mass is 591 g/mol. The second kappa shape index (κ2) is 13.6. The van der Waals surface area contributed by atoms with Gasteiger partial charge in [0.2, 0.25) is 0 Å². The first kappa shape index (κ1) is 31.4. The summed E-state index contributed by atoms with van der Waals surface area (Å²) < 4.78 is 34.4. The lowest BCUT2D eigenvalue weighted by Crippen LogP contribution is -2.39. The molecule has 0 aliphatic carbocycles. The molecule has 0 aliphatic heterocycles. The van der Waals surface area contributed by atoms with Gasteiger partial charge in [0, 0.05) is 52.3 Å². The Morgan fingerprint density at radius 1 is 1.12 bits per heavy atom. The molecule has 4 rings (SSSR count). The van der Waals surface area contributed by atoms with E-state index >= 15 is 0 Å². The molecule has 0 bridgehead atoms. The summed E-state index contributed by atoms with van der Waals surface area (Å²) in [6.07, 6.45) is 4.01. The minimum absolute atomic E-state index is 0.113. The number of methoxy groups -OCH3 is 1. The number of nitrogens with zero attached hydrogens (tertiary/aromatic N) is 2. The molecular formula is C33H41N3O5S. The van der Waals surface area contributed by atoms with E-state index in [-0.39, 0.29) is 23.2 Å². The molecule has 1 atom stereocenters. The lowest BCUT2D eigenvalue weighted by atomic mass is 9.99. The average molecular weight is 592 g/mol. The second-order valence-corrected chi connectivity index (χ2v) is 13.4. The molecule has 9 heteroatoms. The Bertz CT molecular complexity index is 1530. The van der Waals surface area contributed by atoms with E-state index in [1.165, 1.54) is 0 Å². The Kier molecular flexibility index (Phi) is 10.2. The zero-order valence-electron chi connectivity index (χ0n) is 25.5. The van der Waals surface area contributed by atoms with Crippen molar-refractivity contribution in [3.8, 4) is 22.6 Å². The summed E-state index contributed by atoms with van der Waals surface area (Å²) in [4.78, 5) is 16.8. The van der Waals surface area contributed by atoms with Crippen molar-refractivity contribution >= 4 is 28.2 Å². The molecule has 0 saturated carbocycles. The van der Waals surface area contributed by atoms with Crippen LogP contribution in [0.3, 0.4) is 0 Å². The number of hydrogen-bond donors (Lipinski definition) is 1. The van der Waals surface area contributed by atoms with E-state index < -0.39 is 11.4 Å². The molecular weight excluding hydrogens is 550 g/mol. The zero-order chi connectivity index (χ0) is 30.4. The Hall–Kier alpha value is -3.53. The average Bonchev–Trinajstić information content (AvgIpc) is 3.39. The molecule has 0 aliphatic rings. The SMILES string of the molecule is CCOC(=O)Cc1ccc(OC)cc1OCc1cc(-c2ccnc(CN[S+]([O-])C(C)(C)C)c2)c2ccn(C(C)C)c2c1. The van der Waals surface area contributed by atoms with Gasteiger partial charge in [0.05, 0.1) is 32.4 Å². The second-order valence-electron chi connectivity index (χ2n) is 11.4. The first-order chi connectivity index (χ1) is 20.0.